The SMILES string of the molecule is C[C@@H](Sc1[nH+]c(N)c(C#N)cc1C#N)C(=O)Nc1ccc(Cl)cc1. The predicted octanol–water partition coefficient (Wildman–Crippen LogP) is 2.60. The minimum absolute atomic E-state index is 0.157. The Labute approximate surface area is 148 Å². The Balaban J connectivity index is 2.14. The Bertz CT molecular complexity index is 854. The maximum absolute atomic E-state index is 12.3. The van der Waals surface area contributed by atoms with Crippen molar-refractivity contribution in [3.8, 4) is 12.1 Å². The molecule has 0 spiro atoms. The van der Waals surface area contributed by atoms with Crippen LogP contribution in [0.5, 0.6) is 0 Å². The molecule has 2 rings (SSSR count). The van der Waals surface area contributed by atoms with Crippen LogP contribution in [-0.2, 0) is 4.79 Å². The lowest BCUT2D eigenvalue weighted by molar-refractivity contribution is -0.410. The van der Waals surface area contributed by atoms with Crippen LogP contribution >= 0.6 is 23.4 Å². The fourth-order valence-corrected chi connectivity index (χ4v) is 2.87. The highest BCUT2D eigenvalue weighted by molar-refractivity contribution is 8.00. The second kappa shape index (κ2) is 7.69. The number of anilines is 2. The lowest BCUT2D eigenvalue weighted by Crippen LogP contribution is -2.25. The minimum atomic E-state index is -0.489. The molecule has 0 aliphatic carbocycles. The number of thioether (sulfide) groups is 1. The highest BCUT2D eigenvalue weighted by atomic mass is 35.5. The van der Waals surface area contributed by atoms with E-state index in [4.69, 9.17) is 22.6 Å². The van der Waals surface area contributed by atoms with Crippen LogP contribution < -0.4 is 16.0 Å². The summed E-state index contributed by atoms with van der Waals surface area (Å²) < 4.78 is 0. The van der Waals surface area contributed by atoms with Crippen LogP contribution in [0.1, 0.15) is 18.1 Å². The number of nitrogen functional groups attached to an aromatic ring is 1. The molecule has 0 saturated heterocycles. The van der Waals surface area contributed by atoms with Crippen molar-refractivity contribution in [2.24, 2.45) is 0 Å². The number of aromatic amines is 1. The van der Waals surface area contributed by atoms with E-state index in [0.29, 0.717) is 15.7 Å². The number of rotatable bonds is 4. The molecule has 1 amide bonds. The number of hydrogen-bond acceptors (Lipinski definition) is 5. The van der Waals surface area contributed by atoms with Crippen LogP contribution in [0.15, 0.2) is 35.4 Å². The van der Waals surface area contributed by atoms with Gasteiger partial charge in [0.2, 0.25) is 5.91 Å². The molecule has 0 saturated carbocycles. The van der Waals surface area contributed by atoms with Gasteiger partial charge in [0, 0.05) is 10.7 Å². The number of nitrogens with one attached hydrogen (secondary N) is 2. The van der Waals surface area contributed by atoms with Gasteiger partial charge in [-0.3, -0.25) is 10.5 Å². The maximum Gasteiger partial charge on any atom is 0.289 e. The maximum atomic E-state index is 12.3. The van der Waals surface area contributed by atoms with Gasteiger partial charge in [0.05, 0.1) is 5.25 Å². The van der Waals surface area contributed by atoms with E-state index in [1.165, 1.54) is 6.07 Å². The first kappa shape index (κ1) is 17.6. The van der Waals surface area contributed by atoms with E-state index in [1.54, 1.807) is 31.2 Å². The van der Waals surface area contributed by atoms with Crippen LogP contribution in [0, 0.1) is 22.7 Å². The fourth-order valence-electron chi connectivity index (χ4n) is 1.82. The normalized spacial score (nSPS) is 11.2. The average molecular weight is 359 g/mol. The molecule has 4 N–H and O–H groups in total. The van der Waals surface area contributed by atoms with E-state index in [-0.39, 0.29) is 22.9 Å². The number of hydrogen-bond donors (Lipinski definition) is 2. The number of H-pyrrole nitrogens is 1. The summed E-state index contributed by atoms with van der Waals surface area (Å²) in [4.78, 5) is 15.1. The van der Waals surface area contributed by atoms with Crippen molar-refractivity contribution >= 4 is 40.8 Å². The minimum Gasteiger partial charge on any atom is -0.325 e. The van der Waals surface area contributed by atoms with Gasteiger partial charge in [-0.1, -0.05) is 23.4 Å². The van der Waals surface area contributed by atoms with Crippen molar-refractivity contribution < 1.29 is 9.78 Å². The van der Waals surface area contributed by atoms with Crippen molar-refractivity contribution in [3.05, 3.63) is 46.5 Å². The first-order chi connectivity index (χ1) is 11.4. The first-order valence-corrected chi connectivity index (χ1v) is 8.09. The predicted molar refractivity (Wildman–Crippen MR) is 92.2 cm³/mol. The van der Waals surface area contributed by atoms with Gasteiger partial charge in [-0.05, 0) is 37.3 Å². The van der Waals surface area contributed by atoms with Crippen LogP contribution in [-0.4, -0.2) is 11.2 Å². The van der Waals surface area contributed by atoms with Gasteiger partial charge in [-0.25, -0.2) is 4.98 Å². The molecule has 0 aliphatic heterocycles. The highest BCUT2D eigenvalue weighted by Crippen LogP contribution is 2.25. The second-order valence-corrected chi connectivity index (χ2v) is 6.61. The van der Waals surface area contributed by atoms with Gasteiger partial charge < -0.3 is 5.32 Å². The molecule has 0 radical (unpaired) electrons. The number of benzene rings is 1. The molecule has 2 aromatic rings. The summed E-state index contributed by atoms with van der Waals surface area (Å²) in [7, 11) is 0. The van der Waals surface area contributed by atoms with E-state index >= 15 is 0 Å². The Kier molecular flexibility index (Phi) is 5.64. The zero-order chi connectivity index (χ0) is 17.7. The number of carbonyl (C=O) groups excluding carboxylic acids is 1. The smallest absolute Gasteiger partial charge is 0.289 e. The molecule has 6 nitrogen and oxygen atoms in total. The van der Waals surface area contributed by atoms with Gasteiger partial charge in [-0.15, -0.1) is 0 Å². The lowest BCUT2D eigenvalue weighted by Gasteiger charge is -2.11. The molecule has 0 unspecified atom stereocenters. The number of nitriles is 2. The van der Waals surface area contributed by atoms with Crippen LogP contribution in [0.25, 0.3) is 0 Å². The molecular formula is C16H13ClN5OS+. The van der Waals surface area contributed by atoms with Crippen molar-refractivity contribution in [1.29, 1.82) is 10.5 Å². The summed E-state index contributed by atoms with van der Waals surface area (Å²) in [5.74, 6) is -0.0770. The zero-order valence-corrected chi connectivity index (χ0v) is 14.2. The third-order valence-corrected chi connectivity index (χ3v) is 4.47. The molecular weight excluding hydrogens is 346 g/mol. The van der Waals surface area contributed by atoms with Crippen molar-refractivity contribution in [3.63, 3.8) is 0 Å². The van der Waals surface area contributed by atoms with Gasteiger partial charge in [-0.2, -0.15) is 10.5 Å². The van der Waals surface area contributed by atoms with Gasteiger partial charge in [0.25, 0.3) is 5.82 Å². The monoisotopic (exact) mass is 358 g/mol. The Morgan fingerprint density at radius 2 is 1.92 bits per heavy atom. The van der Waals surface area contributed by atoms with E-state index in [9.17, 15) is 10.1 Å². The molecule has 1 aromatic carbocycles. The number of carbonyl (C=O) groups is 1. The third-order valence-electron chi connectivity index (χ3n) is 3.09. The van der Waals surface area contributed by atoms with Gasteiger partial charge in [0.1, 0.15) is 23.3 Å². The lowest BCUT2D eigenvalue weighted by atomic mass is 10.2. The van der Waals surface area contributed by atoms with Crippen LogP contribution in [0.4, 0.5) is 11.5 Å². The summed E-state index contributed by atoms with van der Waals surface area (Å²) >= 11 is 6.96. The van der Waals surface area contributed by atoms with Crippen LogP contribution in [0.2, 0.25) is 5.02 Å². The molecule has 0 aliphatic rings. The second-order valence-electron chi connectivity index (χ2n) is 4.82. The molecule has 0 fully saturated rings. The number of amides is 1. The molecule has 1 atom stereocenters. The van der Waals surface area contributed by atoms with E-state index in [2.05, 4.69) is 10.3 Å². The summed E-state index contributed by atoms with van der Waals surface area (Å²) in [6.07, 6.45) is 0. The number of nitrogens with zero attached hydrogens (tertiary/aromatic N) is 2. The molecule has 1 aromatic heterocycles. The van der Waals surface area contributed by atoms with E-state index in [1.807, 2.05) is 12.1 Å². The van der Waals surface area contributed by atoms with Crippen molar-refractivity contribution in [1.82, 2.24) is 0 Å². The fraction of sp³-hybridized carbons (Fsp3) is 0.125. The van der Waals surface area contributed by atoms with Crippen molar-refractivity contribution in [2.45, 2.75) is 17.2 Å². The number of pyridine rings is 1. The van der Waals surface area contributed by atoms with Gasteiger partial charge in [0.15, 0.2) is 5.03 Å². The molecule has 0 bridgehead atoms. The standard InChI is InChI=1S/C16H12ClN5OS/c1-9(15(23)21-13-4-2-12(17)3-5-13)24-16-11(8-19)6-10(7-18)14(20)22-16/h2-6,9H,1H3,(H2,20,22)(H,21,23)/p+1/t9-/m1/s1. The quantitative estimate of drug-likeness (QED) is 0.814. The summed E-state index contributed by atoms with van der Waals surface area (Å²) in [5.41, 5.74) is 6.81. The van der Waals surface area contributed by atoms with Crippen LogP contribution in [0.3, 0.4) is 0 Å². The number of aromatic nitrogens is 1. The van der Waals surface area contributed by atoms with Crippen molar-refractivity contribution in [2.75, 3.05) is 11.1 Å². The Hall–Kier alpha value is -2.74. The summed E-state index contributed by atoms with van der Waals surface area (Å²) in [6.45, 7) is 1.71. The zero-order valence-electron chi connectivity index (χ0n) is 12.6. The number of nitrogens with two attached hydrogens (primary N) is 1. The molecule has 8 heteroatoms. The topological polar surface area (TPSA) is 117 Å². The largest absolute Gasteiger partial charge is 0.325 e. The van der Waals surface area contributed by atoms with E-state index < -0.39 is 5.25 Å². The third kappa shape index (κ3) is 4.17. The number of halogens is 1. The highest BCUT2D eigenvalue weighted by Gasteiger charge is 2.21. The average Bonchev–Trinajstić information content (AvgIpc) is 2.57. The summed E-state index contributed by atoms with van der Waals surface area (Å²) in [6, 6.07) is 12.1. The first-order valence-electron chi connectivity index (χ1n) is 6.83. The molecule has 1 heterocycles. The molecule has 120 valence electrons. The summed E-state index contributed by atoms with van der Waals surface area (Å²) in [5, 5.41) is 21.4. The van der Waals surface area contributed by atoms with Gasteiger partial charge >= 0.3 is 0 Å². The Morgan fingerprint density at radius 1 is 1.29 bits per heavy atom. The Morgan fingerprint density at radius 3 is 2.50 bits per heavy atom. The molecule has 24 heavy (non-hydrogen) atoms. The van der Waals surface area contributed by atoms with E-state index in [0.717, 1.165) is 11.8 Å².